The lowest BCUT2D eigenvalue weighted by atomic mass is 10.0. The maximum atomic E-state index is 14.8. The van der Waals surface area contributed by atoms with Crippen LogP contribution in [-0.4, -0.2) is 15.0 Å². The Morgan fingerprint density at radius 3 is 2.41 bits per heavy atom. The van der Waals surface area contributed by atoms with Crippen molar-refractivity contribution in [1.82, 2.24) is 15.0 Å². The summed E-state index contributed by atoms with van der Waals surface area (Å²) in [5, 5.41) is 0.822. The van der Waals surface area contributed by atoms with Crippen LogP contribution in [0.15, 0.2) is 89.2 Å². The average molecular weight is 374 g/mol. The van der Waals surface area contributed by atoms with Crippen molar-refractivity contribution < 1.29 is 4.39 Å². The molecule has 0 radical (unpaired) electrons. The third-order valence-electron chi connectivity index (χ3n) is 3.96. The minimum absolute atomic E-state index is 0.300. The van der Waals surface area contributed by atoms with Crippen LogP contribution in [0.4, 0.5) is 10.2 Å². The van der Waals surface area contributed by atoms with Crippen LogP contribution in [0.5, 0.6) is 0 Å². The summed E-state index contributed by atoms with van der Waals surface area (Å²) in [6, 6.07) is 18.8. The summed E-state index contributed by atoms with van der Waals surface area (Å²) in [6.07, 6.45) is 4.62. The first-order valence-electron chi connectivity index (χ1n) is 8.26. The predicted molar refractivity (Wildman–Crippen MR) is 106 cm³/mol. The number of benzene rings is 2. The fourth-order valence-corrected chi connectivity index (χ4v) is 3.59. The van der Waals surface area contributed by atoms with Crippen LogP contribution in [-0.2, 0) is 0 Å². The number of halogens is 1. The lowest BCUT2D eigenvalue weighted by Crippen LogP contribution is -1.95. The lowest BCUT2D eigenvalue weighted by Gasteiger charge is -2.10. The largest absolute Gasteiger partial charge is 0.382 e. The number of rotatable bonds is 4. The quantitative estimate of drug-likeness (QED) is 0.540. The second-order valence-electron chi connectivity index (χ2n) is 5.79. The highest BCUT2D eigenvalue weighted by molar-refractivity contribution is 7.99. The normalized spacial score (nSPS) is 10.7. The van der Waals surface area contributed by atoms with Gasteiger partial charge in [-0.3, -0.25) is 4.98 Å². The summed E-state index contributed by atoms with van der Waals surface area (Å²) < 4.78 is 14.8. The number of nitrogens with two attached hydrogens (primary N) is 1. The molecule has 0 aliphatic carbocycles. The van der Waals surface area contributed by atoms with Crippen molar-refractivity contribution in [1.29, 1.82) is 0 Å². The molecule has 0 unspecified atom stereocenters. The summed E-state index contributed by atoms with van der Waals surface area (Å²) >= 11 is 1.55. The molecule has 0 spiro atoms. The number of anilines is 1. The van der Waals surface area contributed by atoms with Crippen LogP contribution < -0.4 is 5.73 Å². The van der Waals surface area contributed by atoms with Gasteiger partial charge in [-0.15, -0.1) is 0 Å². The van der Waals surface area contributed by atoms with E-state index in [-0.39, 0.29) is 5.82 Å². The molecule has 132 valence electrons. The van der Waals surface area contributed by atoms with E-state index in [9.17, 15) is 4.39 Å². The van der Waals surface area contributed by atoms with Crippen LogP contribution in [0.25, 0.3) is 22.4 Å². The molecule has 0 saturated heterocycles. The second-order valence-corrected chi connectivity index (χ2v) is 6.85. The smallest absolute Gasteiger partial charge is 0.141 e. The van der Waals surface area contributed by atoms with E-state index in [1.807, 2.05) is 48.5 Å². The first-order valence-corrected chi connectivity index (χ1v) is 9.08. The first-order chi connectivity index (χ1) is 13.2. The van der Waals surface area contributed by atoms with Crippen molar-refractivity contribution in [2.24, 2.45) is 0 Å². The fraction of sp³-hybridized carbons (Fsp3) is 0. The summed E-state index contributed by atoms with van der Waals surface area (Å²) in [7, 11) is 0. The molecule has 27 heavy (non-hydrogen) atoms. The number of hydrogen-bond donors (Lipinski definition) is 1. The van der Waals surface area contributed by atoms with E-state index in [1.54, 1.807) is 24.0 Å². The molecular weight excluding hydrogens is 359 g/mol. The molecule has 2 heterocycles. The zero-order valence-electron chi connectivity index (χ0n) is 14.2. The fourth-order valence-electron chi connectivity index (χ4n) is 2.66. The van der Waals surface area contributed by atoms with E-state index >= 15 is 0 Å². The minimum atomic E-state index is -0.369. The van der Waals surface area contributed by atoms with Crippen LogP contribution in [0.3, 0.4) is 0 Å². The molecule has 2 aromatic heterocycles. The SMILES string of the molecule is Nc1cnc(-c2ccc(-c3cccnc3Sc3ccccc3)cc2F)cn1. The number of nitrogen functional groups attached to an aromatic ring is 1. The van der Waals surface area contributed by atoms with Crippen molar-refractivity contribution in [3.63, 3.8) is 0 Å². The molecule has 0 aliphatic heterocycles. The third kappa shape index (κ3) is 3.80. The Kier molecular flexibility index (Phi) is 4.80. The van der Waals surface area contributed by atoms with Gasteiger partial charge in [0.15, 0.2) is 0 Å². The zero-order valence-corrected chi connectivity index (χ0v) is 15.0. The highest BCUT2D eigenvalue weighted by atomic mass is 32.2. The Morgan fingerprint density at radius 1 is 0.815 bits per heavy atom. The third-order valence-corrected chi connectivity index (χ3v) is 4.98. The Labute approximate surface area is 160 Å². The molecule has 2 N–H and O–H groups in total. The van der Waals surface area contributed by atoms with Gasteiger partial charge >= 0.3 is 0 Å². The van der Waals surface area contributed by atoms with Crippen LogP contribution in [0, 0.1) is 5.82 Å². The van der Waals surface area contributed by atoms with Crippen molar-refractivity contribution in [3.05, 3.63) is 85.1 Å². The molecule has 4 rings (SSSR count). The zero-order chi connectivity index (χ0) is 18.6. The Hall–Kier alpha value is -3.25. The molecule has 4 nitrogen and oxygen atoms in total. The summed E-state index contributed by atoms with van der Waals surface area (Å²) in [5.41, 5.74) is 8.00. The summed E-state index contributed by atoms with van der Waals surface area (Å²) in [5.74, 6) is -0.0696. The molecule has 0 saturated carbocycles. The summed E-state index contributed by atoms with van der Waals surface area (Å²) in [4.78, 5) is 13.7. The van der Waals surface area contributed by atoms with E-state index in [4.69, 9.17) is 5.73 Å². The van der Waals surface area contributed by atoms with E-state index < -0.39 is 0 Å². The number of nitrogens with zero attached hydrogens (tertiary/aromatic N) is 3. The molecule has 6 heteroatoms. The van der Waals surface area contributed by atoms with Gasteiger partial charge in [0, 0.05) is 22.2 Å². The number of hydrogen-bond acceptors (Lipinski definition) is 5. The predicted octanol–water partition coefficient (Wildman–Crippen LogP) is 5.08. The van der Waals surface area contributed by atoms with Crippen molar-refractivity contribution in [3.8, 4) is 22.4 Å². The van der Waals surface area contributed by atoms with Gasteiger partial charge in [0.2, 0.25) is 0 Å². The van der Waals surface area contributed by atoms with Crippen molar-refractivity contribution >= 4 is 17.6 Å². The monoisotopic (exact) mass is 374 g/mol. The Bertz CT molecular complexity index is 1070. The topological polar surface area (TPSA) is 64.7 Å². The van der Waals surface area contributed by atoms with Crippen LogP contribution in [0.1, 0.15) is 0 Å². The van der Waals surface area contributed by atoms with Gasteiger partial charge in [0.1, 0.15) is 16.7 Å². The molecule has 2 aromatic carbocycles. The maximum absolute atomic E-state index is 14.8. The average Bonchev–Trinajstić information content (AvgIpc) is 2.70. The van der Waals surface area contributed by atoms with Crippen LogP contribution in [0.2, 0.25) is 0 Å². The van der Waals surface area contributed by atoms with Gasteiger partial charge in [-0.1, -0.05) is 42.1 Å². The van der Waals surface area contributed by atoms with Crippen molar-refractivity contribution in [2.75, 3.05) is 5.73 Å². The molecule has 0 atom stereocenters. The number of pyridine rings is 1. The van der Waals surface area contributed by atoms with E-state index in [1.165, 1.54) is 18.5 Å². The molecule has 0 fully saturated rings. The molecule has 0 bridgehead atoms. The molecular formula is C21H15FN4S. The van der Waals surface area contributed by atoms with Gasteiger partial charge in [-0.2, -0.15) is 0 Å². The molecule has 4 aromatic rings. The highest BCUT2D eigenvalue weighted by Gasteiger charge is 2.12. The van der Waals surface area contributed by atoms with Crippen LogP contribution >= 0.6 is 11.8 Å². The van der Waals surface area contributed by atoms with E-state index in [0.29, 0.717) is 17.1 Å². The van der Waals surface area contributed by atoms with E-state index in [2.05, 4.69) is 15.0 Å². The van der Waals surface area contributed by atoms with Gasteiger partial charge < -0.3 is 5.73 Å². The highest BCUT2D eigenvalue weighted by Crippen LogP contribution is 2.35. The molecule has 0 amide bonds. The van der Waals surface area contributed by atoms with Gasteiger partial charge in [0.05, 0.1) is 18.1 Å². The van der Waals surface area contributed by atoms with Gasteiger partial charge in [0.25, 0.3) is 0 Å². The molecule has 0 aliphatic rings. The van der Waals surface area contributed by atoms with Crippen molar-refractivity contribution in [2.45, 2.75) is 9.92 Å². The Balaban J connectivity index is 1.70. The minimum Gasteiger partial charge on any atom is -0.382 e. The number of aromatic nitrogens is 3. The first kappa shape index (κ1) is 17.2. The Morgan fingerprint density at radius 2 is 1.67 bits per heavy atom. The lowest BCUT2D eigenvalue weighted by molar-refractivity contribution is 0.631. The van der Waals surface area contributed by atoms with Gasteiger partial charge in [-0.05, 0) is 35.9 Å². The maximum Gasteiger partial charge on any atom is 0.141 e. The second kappa shape index (κ2) is 7.55. The standard InChI is InChI=1S/C21H15FN4S/c22-18-11-14(8-9-17(18)19-12-26-20(23)13-25-19)16-7-4-10-24-21(16)27-15-5-2-1-3-6-15/h1-13H,(H2,23,26). The van der Waals surface area contributed by atoms with Gasteiger partial charge in [-0.25, -0.2) is 14.4 Å². The summed E-state index contributed by atoms with van der Waals surface area (Å²) in [6.45, 7) is 0. The van der Waals surface area contributed by atoms with E-state index in [0.717, 1.165) is 21.0 Å².